The molecule has 4 rings (SSSR count). The van der Waals surface area contributed by atoms with Crippen LogP contribution < -0.4 is 5.32 Å². The Morgan fingerprint density at radius 1 is 1.00 bits per heavy atom. The number of nitrogens with zero attached hydrogens (tertiary/aromatic N) is 4. The van der Waals surface area contributed by atoms with Crippen molar-refractivity contribution >= 4 is 5.91 Å². The average molecular weight is 371 g/mol. The van der Waals surface area contributed by atoms with Crippen LogP contribution in [0, 0.1) is 0 Å². The maximum atomic E-state index is 12.5. The maximum Gasteiger partial charge on any atom is 0.254 e. The van der Waals surface area contributed by atoms with Crippen LogP contribution in [0.3, 0.4) is 0 Å². The molecule has 1 amide bonds. The molecule has 0 aliphatic rings. The summed E-state index contributed by atoms with van der Waals surface area (Å²) in [6, 6.07) is 19.9. The molecule has 140 valence electrons. The van der Waals surface area contributed by atoms with E-state index in [0.29, 0.717) is 12.1 Å². The average Bonchev–Trinajstić information content (AvgIpc) is 3.41. The molecule has 0 spiro atoms. The van der Waals surface area contributed by atoms with Gasteiger partial charge in [0.1, 0.15) is 0 Å². The SMILES string of the molecule is CCn1cc(C(=O)NCc2cn(-c3ccccc3)nc2-c2ccccc2)cn1. The van der Waals surface area contributed by atoms with Gasteiger partial charge in [-0.25, -0.2) is 4.68 Å². The Morgan fingerprint density at radius 2 is 1.71 bits per heavy atom. The van der Waals surface area contributed by atoms with Crippen LogP contribution in [-0.4, -0.2) is 25.5 Å². The molecule has 2 aromatic carbocycles. The summed E-state index contributed by atoms with van der Waals surface area (Å²) < 4.78 is 3.58. The smallest absolute Gasteiger partial charge is 0.254 e. The highest BCUT2D eigenvalue weighted by molar-refractivity contribution is 5.93. The molecule has 0 saturated carbocycles. The lowest BCUT2D eigenvalue weighted by Crippen LogP contribution is -2.22. The van der Waals surface area contributed by atoms with E-state index >= 15 is 0 Å². The van der Waals surface area contributed by atoms with Crippen LogP contribution in [0.2, 0.25) is 0 Å². The highest BCUT2D eigenvalue weighted by Gasteiger charge is 2.14. The molecule has 0 fully saturated rings. The van der Waals surface area contributed by atoms with Gasteiger partial charge in [0.05, 0.1) is 23.1 Å². The number of para-hydroxylation sites is 1. The summed E-state index contributed by atoms with van der Waals surface area (Å²) >= 11 is 0. The Morgan fingerprint density at radius 3 is 2.39 bits per heavy atom. The van der Waals surface area contributed by atoms with Crippen molar-refractivity contribution in [3.63, 3.8) is 0 Å². The van der Waals surface area contributed by atoms with Gasteiger partial charge in [-0.05, 0) is 19.1 Å². The Kier molecular flexibility index (Phi) is 5.01. The number of amides is 1. The molecule has 1 N–H and O–H groups in total. The summed E-state index contributed by atoms with van der Waals surface area (Å²) in [5, 5.41) is 11.9. The van der Waals surface area contributed by atoms with Crippen LogP contribution >= 0.6 is 0 Å². The van der Waals surface area contributed by atoms with E-state index < -0.39 is 0 Å². The Hall–Kier alpha value is -3.67. The van der Waals surface area contributed by atoms with E-state index in [0.717, 1.165) is 29.1 Å². The fraction of sp³-hybridized carbons (Fsp3) is 0.136. The summed E-state index contributed by atoms with van der Waals surface area (Å²) in [5.74, 6) is -0.147. The molecule has 0 saturated heterocycles. The van der Waals surface area contributed by atoms with Crippen molar-refractivity contribution in [2.45, 2.75) is 20.0 Å². The topological polar surface area (TPSA) is 64.7 Å². The van der Waals surface area contributed by atoms with Gasteiger partial charge in [0.25, 0.3) is 5.91 Å². The third kappa shape index (κ3) is 3.71. The number of carbonyl (C=O) groups excluding carboxylic acids is 1. The molecule has 0 atom stereocenters. The van der Waals surface area contributed by atoms with Crippen LogP contribution in [-0.2, 0) is 13.1 Å². The molecule has 0 unspecified atom stereocenters. The number of aryl methyl sites for hydroxylation is 1. The summed E-state index contributed by atoms with van der Waals surface area (Å²) in [4.78, 5) is 12.5. The van der Waals surface area contributed by atoms with Crippen LogP contribution in [0.4, 0.5) is 0 Å². The molecule has 0 aliphatic carbocycles. The number of benzene rings is 2. The fourth-order valence-electron chi connectivity index (χ4n) is 3.02. The Balaban J connectivity index is 1.61. The van der Waals surface area contributed by atoms with Gasteiger partial charge in [0.2, 0.25) is 0 Å². The van der Waals surface area contributed by atoms with Gasteiger partial charge >= 0.3 is 0 Å². The molecule has 0 aliphatic heterocycles. The van der Waals surface area contributed by atoms with E-state index in [1.165, 1.54) is 0 Å². The van der Waals surface area contributed by atoms with Gasteiger partial charge in [-0.15, -0.1) is 0 Å². The lowest BCUT2D eigenvalue weighted by atomic mass is 10.1. The van der Waals surface area contributed by atoms with Crippen LogP contribution in [0.25, 0.3) is 16.9 Å². The minimum absolute atomic E-state index is 0.147. The highest BCUT2D eigenvalue weighted by atomic mass is 16.1. The third-order valence-corrected chi connectivity index (χ3v) is 4.52. The lowest BCUT2D eigenvalue weighted by Gasteiger charge is -2.04. The quantitative estimate of drug-likeness (QED) is 0.562. The first-order valence-electron chi connectivity index (χ1n) is 9.24. The van der Waals surface area contributed by atoms with E-state index in [-0.39, 0.29) is 5.91 Å². The Labute approximate surface area is 163 Å². The maximum absolute atomic E-state index is 12.5. The number of hydrogen-bond donors (Lipinski definition) is 1. The lowest BCUT2D eigenvalue weighted by molar-refractivity contribution is 0.0951. The van der Waals surface area contributed by atoms with Crippen molar-refractivity contribution in [2.75, 3.05) is 0 Å². The Bertz CT molecular complexity index is 1070. The van der Waals surface area contributed by atoms with Crippen LogP contribution in [0.15, 0.2) is 79.3 Å². The van der Waals surface area contributed by atoms with E-state index in [1.807, 2.05) is 78.5 Å². The molecule has 0 bridgehead atoms. The van der Waals surface area contributed by atoms with Crippen molar-refractivity contribution in [3.8, 4) is 16.9 Å². The summed E-state index contributed by atoms with van der Waals surface area (Å²) in [6.07, 6.45) is 5.30. The third-order valence-electron chi connectivity index (χ3n) is 4.52. The van der Waals surface area contributed by atoms with Gasteiger partial charge in [0.15, 0.2) is 0 Å². The van der Waals surface area contributed by atoms with Crippen molar-refractivity contribution < 1.29 is 4.79 Å². The molecule has 4 aromatic rings. The van der Waals surface area contributed by atoms with E-state index in [1.54, 1.807) is 17.1 Å². The molecule has 28 heavy (non-hydrogen) atoms. The van der Waals surface area contributed by atoms with E-state index in [9.17, 15) is 4.79 Å². The number of rotatable bonds is 6. The number of nitrogens with one attached hydrogen (secondary N) is 1. The summed E-state index contributed by atoms with van der Waals surface area (Å²) in [5.41, 5.74) is 4.35. The normalized spacial score (nSPS) is 10.8. The first-order chi connectivity index (χ1) is 13.7. The molecule has 2 heterocycles. The van der Waals surface area contributed by atoms with Crippen LogP contribution in [0.1, 0.15) is 22.8 Å². The number of hydrogen-bond acceptors (Lipinski definition) is 3. The number of carbonyl (C=O) groups is 1. The van der Waals surface area contributed by atoms with Gasteiger partial charge in [-0.3, -0.25) is 9.48 Å². The fourth-order valence-corrected chi connectivity index (χ4v) is 3.02. The molecule has 2 aromatic heterocycles. The van der Waals surface area contributed by atoms with Gasteiger partial charge in [-0.1, -0.05) is 48.5 Å². The number of aromatic nitrogens is 4. The van der Waals surface area contributed by atoms with Crippen molar-refractivity contribution in [1.29, 1.82) is 0 Å². The molecule has 0 radical (unpaired) electrons. The highest BCUT2D eigenvalue weighted by Crippen LogP contribution is 2.23. The standard InChI is InChI=1S/C22H21N5O/c1-2-26-15-19(14-24-26)22(28)23-13-18-16-27(20-11-7-4-8-12-20)25-21(18)17-9-5-3-6-10-17/h3-12,14-16H,2,13H2,1H3,(H,23,28). The predicted molar refractivity (Wildman–Crippen MR) is 108 cm³/mol. The largest absolute Gasteiger partial charge is 0.348 e. The van der Waals surface area contributed by atoms with E-state index in [2.05, 4.69) is 10.4 Å². The zero-order valence-electron chi connectivity index (χ0n) is 15.6. The van der Waals surface area contributed by atoms with Gasteiger partial charge < -0.3 is 5.32 Å². The molecule has 6 heteroatoms. The van der Waals surface area contributed by atoms with Gasteiger partial charge in [0, 0.05) is 36.6 Å². The molecular formula is C22H21N5O. The van der Waals surface area contributed by atoms with E-state index in [4.69, 9.17) is 5.10 Å². The predicted octanol–water partition coefficient (Wildman–Crippen LogP) is 3.69. The molecule has 6 nitrogen and oxygen atoms in total. The monoisotopic (exact) mass is 371 g/mol. The minimum atomic E-state index is -0.147. The minimum Gasteiger partial charge on any atom is -0.348 e. The summed E-state index contributed by atoms with van der Waals surface area (Å²) in [6.45, 7) is 3.10. The first-order valence-corrected chi connectivity index (χ1v) is 9.24. The molecular weight excluding hydrogens is 350 g/mol. The van der Waals surface area contributed by atoms with Crippen molar-refractivity contribution in [3.05, 3.63) is 90.4 Å². The van der Waals surface area contributed by atoms with Crippen molar-refractivity contribution in [1.82, 2.24) is 24.9 Å². The zero-order valence-corrected chi connectivity index (χ0v) is 15.6. The van der Waals surface area contributed by atoms with Crippen LogP contribution in [0.5, 0.6) is 0 Å². The van der Waals surface area contributed by atoms with Crippen molar-refractivity contribution in [2.24, 2.45) is 0 Å². The second-order valence-electron chi connectivity index (χ2n) is 6.42. The second-order valence-corrected chi connectivity index (χ2v) is 6.42. The zero-order chi connectivity index (χ0) is 19.3. The van der Waals surface area contributed by atoms with Gasteiger partial charge in [-0.2, -0.15) is 10.2 Å². The first kappa shape index (κ1) is 17.7. The second kappa shape index (κ2) is 7.92. The summed E-state index contributed by atoms with van der Waals surface area (Å²) in [7, 11) is 0.